The zero-order valence-electron chi connectivity index (χ0n) is 7.29. The molecule has 1 aromatic rings. The number of rotatable bonds is 3. The first-order valence-corrected chi connectivity index (χ1v) is 4.79. The lowest BCUT2D eigenvalue weighted by molar-refractivity contribution is 0.840. The molecule has 1 heterocycles. The molecule has 4 heteroatoms. The summed E-state index contributed by atoms with van der Waals surface area (Å²) in [5.41, 5.74) is 0. The normalized spacial score (nSPS) is 9.92. The second-order valence-electron chi connectivity index (χ2n) is 2.37. The summed E-state index contributed by atoms with van der Waals surface area (Å²) in [6, 6.07) is 1.92. The maximum atomic E-state index is 4.17. The fourth-order valence-electron chi connectivity index (χ4n) is 1.04. The smallest absolute Gasteiger partial charge is 0.133 e. The third kappa shape index (κ3) is 2.17. The van der Waals surface area contributed by atoms with E-state index in [0.29, 0.717) is 0 Å². The molecule has 0 fully saturated rings. The number of hydrogen-bond donors (Lipinski definition) is 0. The van der Waals surface area contributed by atoms with Crippen molar-refractivity contribution in [2.45, 2.75) is 13.8 Å². The summed E-state index contributed by atoms with van der Waals surface area (Å²) in [7, 11) is 0. The van der Waals surface area contributed by atoms with Crippen molar-refractivity contribution in [3.63, 3.8) is 0 Å². The van der Waals surface area contributed by atoms with Crippen LogP contribution in [0.4, 0.5) is 5.82 Å². The van der Waals surface area contributed by atoms with E-state index in [4.69, 9.17) is 0 Å². The molecule has 0 amide bonds. The Hall–Kier alpha value is -0.640. The van der Waals surface area contributed by atoms with Crippen LogP contribution in [0, 0.1) is 0 Å². The Morgan fingerprint density at radius 2 is 2.00 bits per heavy atom. The minimum atomic E-state index is 0.833. The molecule has 1 rings (SSSR count). The van der Waals surface area contributed by atoms with E-state index in [1.807, 2.05) is 6.07 Å². The molecule has 0 atom stereocenters. The van der Waals surface area contributed by atoms with Crippen molar-refractivity contribution in [2.24, 2.45) is 0 Å². The van der Waals surface area contributed by atoms with Crippen molar-refractivity contribution < 1.29 is 0 Å². The molecular formula is C8H12BrN3. The second kappa shape index (κ2) is 4.40. The molecule has 0 aromatic carbocycles. The van der Waals surface area contributed by atoms with Crippen LogP contribution in [-0.4, -0.2) is 23.1 Å². The maximum Gasteiger partial charge on any atom is 0.133 e. The fourth-order valence-corrected chi connectivity index (χ4v) is 1.34. The van der Waals surface area contributed by atoms with E-state index in [1.165, 1.54) is 0 Å². The van der Waals surface area contributed by atoms with E-state index >= 15 is 0 Å². The Labute approximate surface area is 81.0 Å². The highest BCUT2D eigenvalue weighted by Gasteiger charge is 2.02. The average Bonchev–Trinajstić information content (AvgIpc) is 2.07. The summed E-state index contributed by atoms with van der Waals surface area (Å²) in [6.07, 6.45) is 1.57. The third-order valence-electron chi connectivity index (χ3n) is 1.71. The molecule has 3 nitrogen and oxygen atoms in total. The molecule has 0 aliphatic heterocycles. The number of nitrogens with zero attached hydrogens (tertiary/aromatic N) is 3. The predicted octanol–water partition coefficient (Wildman–Crippen LogP) is 2.09. The minimum Gasteiger partial charge on any atom is -0.357 e. The van der Waals surface area contributed by atoms with Gasteiger partial charge in [-0.05, 0) is 29.8 Å². The Bertz CT molecular complexity index is 248. The second-order valence-corrected chi connectivity index (χ2v) is 3.18. The van der Waals surface area contributed by atoms with Gasteiger partial charge in [0.15, 0.2) is 0 Å². The van der Waals surface area contributed by atoms with Crippen molar-refractivity contribution >= 4 is 21.7 Å². The van der Waals surface area contributed by atoms with Crippen LogP contribution in [0.25, 0.3) is 0 Å². The maximum absolute atomic E-state index is 4.17. The van der Waals surface area contributed by atoms with Crippen LogP contribution in [0.5, 0.6) is 0 Å². The van der Waals surface area contributed by atoms with Crippen molar-refractivity contribution in [1.29, 1.82) is 0 Å². The highest BCUT2D eigenvalue weighted by molar-refractivity contribution is 9.10. The van der Waals surface area contributed by atoms with Gasteiger partial charge >= 0.3 is 0 Å². The van der Waals surface area contributed by atoms with E-state index < -0.39 is 0 Å². The fraction of sp³-hybridized carbons (Fsp3) is 0.500. The summed E-state index contributed by atoms with van der Waals surface area (Å²) < 4.78 is 0.833. The van der Waals surface area contributed by atoms with Crippen molar-refractivity contribution in [3.8, 4) is 0 Å². The van der Waals surface area contributed by atoms with Crippen LogP contribution in [0.3, 0.4) is 0 Å². The molecule has 0 aliphatic rings. The van der Waals surface area contributed by atoms with Gasteiger partial charge in [-0.3, -0.25) is 0 Å². The van der Waals surface area contributed by atoms with E-state index in [0.717, 1.165) is 23.5 Å². The summed E-state index contributed by atoms with van der Waals surface area (Å²) >= 11 is 3.31. The van der Waals surface area contributed by atoms with Crippen molar-refractivity contribution in [2.75, 3.05) is 18.0 Å². The zero-order chi connectivity index (χ0) is 8.97. The van der Waals surface area contributed by atoms with E-state index in [2.05, 4.69) is 44.6 Å². The molecular weight excluding hydrogens is 218 g/mol. The lowest BCUT2D eigenvalue weighted by Gasteiger charge is -2.18. The van der Waals surface area contributed by atoms with Gasteiger partial charge in [-0.15, -0.1) is 0 Å². The summed E-state index contributed by atoms with van der Waals surface area (Å²) in [5.74, 6) is 0.974. The van der Waals surface area contributed by atoms with Gasteiger partial charge in [0.25, 0.3) is 0 Å². The molecule has 1 aromatic heterocycles. The largest absolute Gasteiger partial charge is 0.357 e. The summed E-state index contributed by atoms with van der Waals surface area (Å²) in [4.78, 5) is 10.3. The van der Waals surface area contributed by atoms with E-state index in [1.54, 1.807) is 6.33 Å². The number of aromatic nitrogens is 2. The highest BCUT2D eigenvalue weighted by Crippen LogP contribution is 2.13. The van der Waals surface area contributed by atoms with Crippen LogP contribution in [0.2, 0.25) is 0 Å². The standard InChI is InChI=1S/C8H12BrN3/c1-3-12(4-2)8-5-7(9)10-6-11-8/h5-6H,3-4H2,1-2H3. The zero-order valence-corrected chi connectivity index (χ0v) is 8.87. The van der Waals surface area contributed by atoms with Gasteiger partial charge < -0.3 is 4.90 Å². The topological polar surface area (TPSA) is 29.0 Å². The number of anilines is 1. The van der Waals surface area contributed by atoms with Crippen LogP contribution in [-0.2, 0) is 0 Å². The Balaban J connectivity index is 2.85. The molecule has 66 valence electrons. The van der Waals surface area contributed by atoms with Gasteiger partial charge in [-0.2, -0.15) is 0 Å². The van der Waals surface area contributed by atoms with Crippen LogP contribution >= 0.6 is 15.9 Å². The molecule has 0 N–H and O–H groups in total. The number of hydrogen-bond acceptors (Lipinski definition) is 3. The molecule has 0 saturated heterocycles. The molecule has 0 radical (unpaired) electrons. The predicted molar refractivity (Wildman–Crippen MR) is 53.3 cm³/mol. The number of halogens is 1. The highest BCUT2D eigenvalue weighted by atomic mass is 79.9. The Kier molecular flexibility index (Phi) is 3.47. The van der Waals surface area contributed by atoms with E-state index in [9.17, 15) is 0 Å². The minimum absolute atomic E-state index is 0.833. The summed E-state index contributed by atoms with van der Waals surface area (Å²) in [5, 5.41) is 0. The Morgan fingerprint density at radius 3 is 2.50 bits per heavy atom. The molecule has 12 heavy (non-hydrogen) atoms. The molecule has 0 aliphatic carbocycles. The Morgan fingerprint density at radius 1 is 1.33 bits per heavy atom. The first kappa shape index (κ1) is 9.45. The van der Waals surface area contributed by atoms with Crippen LogP contribution in [0.1, 0.15) is 13.8 Å². The van der Waals surface area contributed by atoms with Crippen molar-refractivity contribution in [3.05, 3.63) is 17.0 Å². The molecule has 0 unspecified atom stereocenters. The molecule has 0 bridgehead atoms. The monoisotopic (exact) mass is 229 g/mol. The van der Waals surface area contributed by atoms with Crippen LogP contribution in [0.15, 0.2) is 17.0 Å². The van der Waals surface area contributed by atoms with Gasteiger partial charge in [-0.1, -0.05) is 0 Å². The van der Waals surface area contributed by atoms with Gasteiger partial charge in [0.1, 0.15) is 16.7 Å². The lowest BCUT2D eigenvalue weighted by atomic mass is 10.4. The average molecular weight is 230 g/mol. The quantitative estimate of drug-likeness (QED) is 0.744. The third-order valence-corrected chi connectivity index (χ3v) is 2.14. The molecule has 0 saturated carbocycles. The first-order chi connectivity index (χ1) is 5.77. The van der Waals surface area contributed by atoms with Crippen molar-refractivity contribution in [1.82, 2.24) is 9.97 Å². The van der Waals surface area contributed by atoms with Gasteiger partial charge in [0.05, 0.1) is 0 Å². The summed E-state index contributed by atoms with van der Waals surface area (Å²) in [6.45, 7) is 6.17. The first-order valence-electron chi connectivity index (χ1n) is 4.00. The van der Waals surface area contributed by atoms with Gasteiger partial charge in [0.2, 0.25) is 0 Å². The molecule has 0 spiro atoms. The van der Waals surface area contributed by atoms with Gasteiger partial charge in [0, 0.05) is 19.2 Å². The van der Waals surface area contributed by atoms with Crippen LogP contribution < -0.4 is 4.90 Å². The van der Waals surface area contributed by atoms with E-state index in [-0.39, 0.29) is 0 Å². The lowest BCUT2D eigenvalue weighted by Crippen LogP contribution is -2.22. The SMILES string of the molecule is CCN(CC)c1cc(Br)ncn1. The van der Waals surface area contributed by atoms with Gasteiger partial charge in [-0.25, -0.2) is 9.97 Å².